The van der Waals surface area contributed by atoms with E-state index in [4.69, 9.17) is 15.3 Å². The van der Waals surface area contributed by atoms with Crippen LogP contribution in [-0.2, 0) is 4.74 Å². The van der Waals surface area contributed by atoms with E-state index in [0.717, 1.165) is 0 Å². The lowest BCUT2D eigenvalue weighted by Gasteiger charge is -2.41. The third-order valence-electron chi connectivity index (χ3n) is 1.96. The van der Waals surface area contributed by atoms with Crippen LogP contribution in [0.2, 0.25) is 0 Å². The van der Waals surface area contributed by atoms with Gasteiger partial charge < -0.3 is 20.1 Å². The zero-order chi connectivity index (χ0) is 11.1. The Bertz CT molecular complexity index is 216. The fourth-order valence-corrected chi connectivity index (χ4v) is 1.08. The first kappa shape index (κ1) is 11.6. The van der Waals surface area contributed by atoms with Gasteiger partial charge in [-0.15, -0.1) is 0 Å². The molecule has 1 saturated heterocycles. The number of alkyl halides is 4. The summed E-state index contributed by atoms with van der Waals surface area (Å²) in [7, 11) is 0. The van der Waals surface area contributed by atoms with Crippen LogP contribution in [0, 0.1) is 0 Å². The summed E-state index contributed by atoms with van der Waals surface area (Å²) in [6.07, 6.45) is -7.99. The molecule has 0 spiro atoms. The number of aliphatic hydroxyl groups excluding tert-OH is 3. The van der Waals surface area contributed by atoms with Crippen LogP contribution in [0.25, 0.3) is 0 Å². The molecule has 1 unspecified atom stereocenters. The summed E-state index contributed by atoms with van der Waals surface area (Å²) >= 11 is 0. The van der Waals surface area contributed by atoms with Crippen molar-refractivity contribution in [1.29, 1.82) is 0 Å². The number of hydrogen-bond acceptors (Lipinski definition) is 4. The van der Waals surface area contributed by atoms with Gasteiger partial charge in [0.2, 0.25) is 0 Å². The first-order valence-electron chi connectivity index (χ1n) is 3.63. The Balaban J connectivity index is 3.01. The summed E-state index contributed by atoms with van der Waals surface area (Å²) in [6, 6.07) is 0. The zero-order valence-corrected chi connectivity index (χ0v) is 6.70. The largest absolute Gasteiger partial charge is 0.393 e. The minimum absolute atomic E-state index is 1.38. The van der Waals surface area contributed by atoms with Crippen LogP contribution < -0.4 is 0 Å². The molecule has 8 heteroatoms. The number of rotatable bonds is 1. The van der Waals surface area contributed by atoms with Crippen molar-refractivity contribution >= 4 is 0 Å². The molecule has 84 valence electrons. The third-order valence-corrected chi connectivity index (χ3v) is 1.96. The summed E-state index contributed by atoms with van der Waals surface area (Å²) in [5.74, 6) is -9.56. The molecule has 1 aliphatic rings. The van der Waals surface area contributed by atoms with Crippen LogP contribution in [0.4, 0.5) is 17.6 Å². The maximum atomic E-state index is 12.8. The molecule has 1 rings (SSSR count). The Labute approximate surface area is 75.7 Å². The van der Waals surface area contributed by atoms with E-state index < -0.39 is 36.9 Å². The van der Waals surface area contributed by atoms with Crippen molar-refractivity contribution in [2.75, 3.05) is 6.61 Å². The van der Waals surface area contributed by atoms with Gasteiger partial charge >= 0.3 is 11.8 Å². The van der Waals surface area contributed by atoms with Gasteiger partial charge in [-0.05, 0) is 0 Å². The molecule has 3 N–H and O–H groups in total. The van der Waals surface area contributed by atoms with Crippen molar-refractivity contribution in [3.63, 3.8) is 0 Å². The molecule has 14 heavy (non-hydrogen) atoms. The van der Waals surface area contributed by atoms with Crippen LogP contribution >= 0.6 is 0 Å². The summed E-state index contributed by atoms with van der Waals surface area (Å²) in [5, 5.41) is 25.5. The van der Waals surface area contributed by atoms with Gasteiger partial charge in [0.1, 0.15) is 0 Å². The lowest BCUT2D eigenvalue weighted by Crippen LogP contribution is -2.66. The Morgan fingerprint density at radius 3 is 2.00 bits per heavy atom. The first-order chi connectivity index (χ1) is 6.25. The van der Waals surface area contributed by atoms with Gasteiger partial charge in [0.05, 0.1) is 6.61 Å². The topological polar surface area (TPSA) is 69.9 Å². The monoisotopic (exact) mass is 220 g/mol. The Morgan fingerprint density at radius 2 is 1.57 bits per heavy atom. The quantitative estimate of drug-likeness (QED) is 0.512. The van der Waals surface area contributed by atoms with Gasteiger partial charge in [-0.25, -0.2) is 0 Å². The highest BCUT2D eigenvalue weighted by molar-refractivity contribution is 5.00. The summed E-state index contributed by atoms with van der Waals surface area (Å²) in [5.41, 5.74) is 0. The van der Waals surface area contributed by atoms with Crippen molar-refractivity contribution in [2.24, 2.45) is 0 Å². The second-order valence-corrected chi connectivity index (χ2v) is 2.89. The van der Waals surface area contributed by atoms with Crippen molar-refractivity contribution in [3.05, 3.63) is 0 Å². The van der Waals surface area contributed by atoms with Crippen molar-refractivity contribution in [3.8, 4) is 0 Å². The molecule has 4 nitrogen and oxygen atoms in total. The molecule has 1 heterocycles. The van der Waals surface area contributed by atoms with Gasteiger partial charge in [0, 0.05) is 0 Å². The average molecular weight is 220 g/mol. The molecular weight excluding hydrogens is 212 g/mol. The number of ether oxygens (including phenoxy) is 1. The zero-order valence-electron chi connectivity index (χ0n) is 6.70. The SMILES string of the molecule is OC[C@H]1OC(O)[C@@H](O)C(F)(F)C1(F)F. The predicted octanol–water partition coefficient (Wildman–Crippen LogP) is -0.673. The number of aliphatic hydroxyl groups is 3. The summed E-state index contributed by atoms with van der Waals surface area (Å²) < 4.78 is 54.9. The second-order valence-electron chi connectivity index (χ2n) is 2.89. The van der Waals surface area contributed by atoms with E-state index in [9.17, 15) is 17.6 Å². The Kier molecular flexibility index (Phi) is 2.74. The maximum absolute atomic E-state index is 12.8. The van der Waals surface area contributed by atoms with Gasteiger partial charge in [-0.2, -0.15) is 17.6 Å². The number of halogens is 4. The molecular formula is C6H8F4O4. The Hall–Kier alpha value is -0.440. The minimum atomic E-state index is -4.84. The van der Waals surface area contributed by atoms with E-state index in [0.29, 0.717) is 0 Å². The van der Waals surface area contributed by atoms with Crippen LogP contribution in [0.5, 0.6) is 0 Å². The standard InChI is InChI=1S/C6H8F4O4/c7-5(8)2(1-11)14-4(13)3(12)6(5,9)10/h2-4,11-13H,1H2/t2-,3-,4?/m1/s1. The molecule has 0 aliphatic carbocycles. The van der Waals surface area contributed by atoms with Gasteiger partial charge in [0.15, 0.2) is 18.5 Å². The smallest absolute Gasteiger partial charge is 0.343 e. The van der Waals surface area contributed by atoms with E-state index >= 15 is 0 Å². The highest BCUT2D eigenvalue weighted by Gasteiger charge is 2.70. The molecule has 1 fully saturated rings. The maximum Gasteiger partial charge on any atom is 0.343 e. The lowest BCUT2D eigenvalue weighted by atomic mass is 9.97. The molecule has 0 amide bonds. The van der Waals surface area contributed by atoms with Crippen molar-refractivity contribution < 1.29 is 37.6 Å². The van der Waals surface area contributed by atoms with E-state index in [-0.39, 0.29) is 0 Å². The van der Waals surface area contributed by atoms with Crippen LogP contribution in [0.15, 0.2) is 0 Å². The first-order valence-corrected chi connectivity index (χ1v) is 3.63. The molecule has 0 aromatic heterocycles. The van der Waals surface area contributed by atoms with E-state index in [2.05, 4.69) is 4.74 Å². The highest BCUT2D eigenvalue weighted by Crippen LogP contribution is 2.45. The third kappa shape index (κ3) is 1.38. The van der Waals surface area contributed by atoms with Crippen LogP contribution in [0.3, 0.4) is 0 Å². The highest BCUT2D eigenvalue weighted by atomic mass is 19.3. The summed E-state index contributed by atoms with van der Waals surface area (Å²) in [4.78, 5) is 0. The minimum Gasteiger partial charge on any atom is -0.393 e. The van der Waals surface area contributed by atoms with Crippen LogP contribution in [-0.4, -0.2) is 52.3 Å². The summed E-state index contributed by atoms with van der Waals surface area (Å²) in [6.45, 7) is -1.38. The molecule has 0 aromatic carbocycles. The van der Waals surface area contributed by atoms with E-state index in [1.807, 2.05) is 0 Å². The average Bonchev–Trinajstić information content (AvgIpc) is 2.09. The van der Waals surface area contributed by atoms with E-state index in [1.165, 1.54) is 0 Å². The van der Waals surface area contributed by atoms with Crippen molar-refractivity contribution in [2.45, 2.75) is 30.3 Å². The van der Waals surface area contributed by atoms with Gasteiger partial charge in [-0.1, -0.05) is 0 Å². The van der Waals surface area contributed by atoms with Gasteiger partial charge in [0.25, 0.3) is 0 Å². The van der Waals surface area contributed by atoms with Gasteiger partial charge in [-0.3, -0.25) is 0 Å². The molecule has 1 aliphatic heterocycles. The molecule has 0 bridgehead atoms. The second kappa shape index (κ2) is 3.30. The fraction of sp³-hybridized carbons (Fsp3) is 1.00. The molecule has 3 atom stereocenters. The van der Waals surface area contributed by atoms with Crippen molar-refractivity contribution in [1.82, 2.24) is 0 Å². The number of hydrogen-bond donors (Lipinski definition) is 3. The molecule has 0 aromatic rings. The lowest BCUT2D eigenvalue weighted by molar-refractivity contribution is -0.387. The van der Waals surface area contributed by atoms with Crippen LogP contribution in [0.1, 0.15) is 0 Å². The fourth-order valence-electron chi connectivity index (χ4n) is 1.08. The molecule has 0 radical (unpaired) electrons. The Morgan fingerprint density at radius 1 is 1.07 bits per heavy atom. The predicted molar refractivity (Wildman–Crippen MR) is 33.9 cm³/mol. The van der Waals surface area contributed by atoms with E-state index in [1.54, 1.807) is 0 Å². The molecule has 0 saturated carbocycles. The normalized spacial score (nSPS) is 40.9.